The van der Waals surface area contributed by atoms with Crippen LogP contribution < -0.4 is 5.32 Å². The fourth-order valence-electron chi connectivity index (χ4n) is 4.14. The van der Waals surface area contributed by atoms with Gasteiger partial charge in [-0.1, -0.05) is 18.7 Å². The molecule has 1 N–H and O–H groups in total. The van der Waals surface area contributed by atoms with Gasteiger partial charge in [-0.05, 0) is 42.9 Å². The topological polar surface area (TPSA) is 103 Å². The fourth-order valence-corrected chi connectivity index (χ4v) is 6.30. The molecule has 0 aromatic carbocycles. The first-order valence-corrected chi connectivity index (χ1v) is 11.9. The molecule has 158 valence electrons. The van der Waals surface area contributed by atoms with Crippen molar-refractivity contribution < 1.29 is 9.21 Å². The van der Waals surface area contributed by atoms with Crippen LogP contribution in [0.5, 0.6) is 0 Å². The first-order chi connectivity index (χ1) is 15.2. The monoisotopic (exact) mass is 453 g/mol. The average Bonchev–Trinajstić information content (AvgIpc) is 3.55. The highest BCUT2D eigenvalue weighted by Crippen LogP contribution is 2.40. The number of furan rings is 1. The van der Waals surface area contributed by atoms with Crippen LogP contribution >= 0.6 is 23.1 Å². The summed E-state index contributed by atoms with van der Waals surface area (Å²) in [4.78, 5) is 19.4. The Morgan fingerprint density at radius 2 is 2.35 bits per heavy atom. The van der Waals surface area contributed by atoms with Crippen molar-refractivity contribution in [3.05, 3.63) is 40.9 Å². The fraction of sp³-hybridized carbons (Fsp3) is 0.350. The Hall–Kier alpha value is -2.92. The van der Waals surface area contributed by atoms with Gasteiger partial charge in [0.15, 0.2) is 10.8 Å². The number of aryl methyl sites for hydroxylation is 1. The van der Waals surface area contributed by atoms with Crippen molar-refractivity contribution in [1.82, 2.24) is 34.5 Å². The smallest absolute Gasteiger partial charge is 0.260 e. The van der Waals surface area contributed by atoms with Gasteiger partial charge >= 0.3 is 0 Å². The Morgan fingerprint density at radius 3 is 3.23 bits per heavy atom. The maximum absolute atomic E-state index is 12.3. The predicted octanol–water partition coefficient (Wildman–Crippen LogP) is 3.11. The summed E-state index contributed by atoms with van der Waals surface area (Å²) in [5.41, 5.74) is 2.20. The lowest BCUT2D eigenvalue weighted by Gasteiger charge is -2.17. The molecule has 11 heteroatoms. The molecule has 1 atom stereocenters. The van der Waals surface area contributed by atoms with Crippen molar-refractivity contribution in [3.63, 3.8) is 0 Å². The summed E-state index contributed by atoms with van der Waals surface area (Å²) >= 11 is 3.15. The number of thiophene rings is 1. The molecule has 0 aliphatic heterocycles. The van der Waals surface area contributed by atoms with Gasteiger partial charge in [0.2, 0.25) is 5.91 Å². The zero-order valence-electron chi connectivity index (χ0n) is 16.7. The lowest BCUT2D eigenvalue weighted by atomic mass is 9.89. The number of fused-ring (bicyclic) bond motifs is 8. The van der Waals surface area contributed by atoms with Crippen LogP contribution in [0.2, 0.25) is 0 Å². The second-order valence-electron chi connectivity index (χ2n) is 7.79. The zero-order valence-corrected chi connectivity index (χ0v) is 18.4. The molecule has 5 heterocycles. The standard InChI is InChI=1S/C20H19N7O2S2/c1-11-4-5-14-13(7-11)16-17-22-10-23-27(17)19-24-25-20(26(19)18(16)31-14)30-9-15(28)21-8-12-3-2-6-29-12/h2-3,6,10-11H,4-5,7-9H2,1H3,(H,21,28). The normalized spacial score (nSPS) is 16.4. The van der Waals surface area contributed by atoms with E-state index in [2.05, 4.69) is 32.5 Å². The molecule has 0 saturated heterocycles. The molecule has 1 unspecified atom stereocenters. The lowest BCUT2D eigenvalue weighted by molar-refractivity contribution is -0.118. The van der Waals surface area contributed by atoms with E-state index in [-0.39, 0.29) is 11.7 Å². The largest absolute Gasteiger partial charge is 0.467 e. The first kappa shape index (κ1) is 18.8. The Kier molecular flexibility index (Phi) is 4.46. The second-order valence-corrected chi connectivity index (χ2v) is 9.82. The number of aromatic nitrogens is 6. The quantitative estimate of drug-likeness (QED) is 0.408. The van der Waals surface area contributed by atoms with Gasteiger partial charge in [0.25, 0.3) is 5.78 Å². The van der Waals surface area contributed by atoms with Crippen molar-refractivity contribution in [2.24, 2.45) is 5.92 Å². The van der Waals surface area contributed by atoms with Crippen molar-refractivity contribution >= 4 is 50.6 Å². The maximum Gasteiger partial charge on any atom is 0.260 e. The first-order valence-electron chi connectivity index (χ1n) is 10.1. The van der Waals surface area contributed by atoms with Crippen molar-refractivity contribution in [1.29, 1.82) is 0 Å². The van der Waals surface area contributed by atoms with Gasteiger partial charge in [-0.2, -0.15) is 9.61 Å². The lowest BCUT2D eigenvalue weighted by Crippen LogP contribution is -2.24. The number of carbonyl (C=O) groups excluding carboxylic acids is 1. The molecule has 1 amide bonds. The molecule has 31 heavy (non-hydrogen) atoms. The Bertz CT molecular complexity index is 1420. The van der Waals surface area contributed by atoms with Crippen LogP contribution in [0.1, 0.15) is 29.5 Å². The van der Waals surface area contributed by atoms with Crippen molar-refractivity contribution in [2.45, 2.75) is 37.9 Å². The van der Waals surface area contributed by atoms with E-state index in [0.29, 0.717) is 23.4 Å². The number of hydrogen-bond donors (Lipinski definition) is 1. The van der Waals surface area contributed by atoms with Crippen molar-refractivity contribution in [2.75, 3.05) is 5.75 Å². The summed E-state index contributed by atoms with van der Waals surface area (Å²) in [5.74, 6) is 2.14. The Balaban J connectivity index is 1.38. The summed E-state index contributed by atoms with van der Waals surface area (Å²) in [5, 5.41) is 17.8. The van der Waals surface area contributed by atoms with E-state index < -0.39 is 0 Å². The van der Waals surface area contributed by atoms with Crippen LogP contribution in [0.3, 0.4) is 0 Å². The highest BCUT2D eigenvalue weighted by molar-refractivity contribution is 7.99. The van der Waals surface area contributed by atoms with E-state index in [1.165, 1.54) is 28.6 Å². The molecule has 0 radical (unpaired) electrons. The molecule has 5 aromatic rings. The molecule has 1 aliphatic carbocycles. The summed E-state index contributed by atoms with van der Waals surface area (Å²) in [7, 11) is 0. The Labute approximate surface area is 184 Å². The van der Waals surface area contributed by atoms with Gasteiger partial charge in [0.05, 0.1) is 23.9 Å². The third-order valence-corrected chi connectivity index (χ3v) is 7.85. The minimum atomic E-state index is -0.0875. The van der Waals surface area contributed by atoms with Crippen LogP contribution in [-0.4, -0.2) is 40.9 Å². The summed E-state index contributed by atoms with van der Waals surface area (Å²) in [6.07, 6.45) is 6.48. The van der Waals surface area contributed by atoms with Crippen LogP contribution in [-0.2, 0) is 24.2 Å². The third-order valence-electron chi connectivity index (χ3n) is 5.64. The van der Waals surface area contributed by atoms with Crippen LogP contribution in [0.15, 0.2) is 34.3 Å². The molecule has 1 aliphatic rings. The number of hydrogen-bond acceptors (Lipinski definition) is 8. The highest BCUT2D eigenvalue weighted by Gasteiger charge is 2.26. The van der Waals surface area contributed by atoms with E-state index in [0.717, 1.165) is 34.5 Å². The van der Waals surface area contributed by atoms with Crippen LogP contribution in [0.25, 0.3) is 21.6 Å². The summed E-state index contributed by atoms with van der Waals surface area (Å²) in [6.45, 7) is 2.67. The number of nitrogens with zero attached hydrogens (tertiary/aromatic N) is 6. The molecular formula is C20H19N7O2S2. The average molecular weight is 454 g/mol. The van der Waals surface area contributed by atoms with Crippen LogP contribution in [0, 0.1) is 5.92 Å². The zero-order chi connectivity index (χ0) is 20.9. The molecule has 0 bridgehead atoms. The summed E-state index contributed by atoms with van der Waals surface area (Å²) in [6, 6.07) is 3.63. The van der Waals surface area contributed by atoms with Gasteiger partial charge in [0.1, 0.15) is 16.9 Å². The molecule has 0 fully saturated rings. The number of thioether (sulfide) groups is 1. The minimum Gasteiger partial charge on any atom is -0.467 e. The van der Waals surface area contributed by atoms with E-state index in [4.69, 9.17) is 4.42 Å². The van der Waals surface area contributed by atoms with Gasteiger partial charge in [-0.25, -0.2) is 9.38 Å². The van der Waals surface area contributed by atoms with E-state index in [1.807, 2.05) is 10.5 Å². The predicted molar refractivity (Wildman–Crippen MR) is 117 cm³/mol. The number of rotatable bonds is 5. The molecule has 9 nitrogen and oxygen atoms in total. The van der Waals surface area contributed by atoms with E-state index in [9.17, 15) is 4.79 Å². The SMILES string of the molecule is CC1CCc2sc3c(c2C1)c1ncnn1c1nnc(SCC(=O)NCc2ccco2)n31. The third kappa shape index (κ3) is 3.10. The molecule has 5 aromatic heterocycles. The van der Waals surface area contributed by atoms with Crippen LogP contribution in [0.4, 0.5) is 0 Å². The summed E-state index contributed by atoms with van der Waals surface area (Å²) < 4.78 is 9.03. The van der Waals surface area contributed by atoms with Gasteiger partial charge in [-0.15, -0.1) is 21.5 Å². The van der Waals surface area contributed by atoms with E-state index in [1.54, 1.807) is 34.5 Å². The van der Waals surface area contributed by atoms with Gasteiger partial charge in [0, 0.05) is 4.88 Å². The van der Waals surface area contributed by atoms with E-state index >= 15 is 0 Å². The minimum absolute atomic E-state index is 0.0875. The molecule has 0 spiro atoms. The molecule has 0 saturated carbocycles. The van der Waals surface area contributed by atoms with Gasteiger partial charge in [-0.3, -0.25) is 4.79 Å². The van der Waals surface area contributed by atoms with Gasteiger partial charge < -0.3 is 9.73 Å². The molecular weight excluding hydrogens is 434 g/mol. The maximum atomic E-state index is 12.3. The number of amides is 1. The Morgan fingerprint density at radius 1 is 1.42 bits per heavy atom. The molecule has 6 rings (SSSR count). The second kappa shape index (κ2) is 7.34. The number of carbonyl (C=O) groups is 1. The number of nitrogens with one attached hydrogen (secondary N) is 1. The van der Waals surface area contributed by atoms with Crippen molar-refractivity contribution in [3.8, 4) is 0 Å². The highest BCUT2D eigenvalue weighted by atomic mass is 32.2.